The predicted molar refractivity (Wildman–Crippen MR) is 108 cm³/mol. The van der Waals surface area contributed by atoms with Crippen molar-refractivity contribution < 1.29 is 9.25 Å². The largest absolute Gasteiger partial charge is 0.417 e. The molecule has 2 heterocycles. The zero-order valence-electron chi connectivity index (χ0n) is 15.7. The number of aromatic nitrogens is 6. The average Bonchev–Trinajstić information content (AvgIpc) is 3.35. The fourth-order valence-corrected chi connectivity index (χ4v) is 3.16. The topological polar surface area (TPSA) is 104 Å². The average molecular weight is 454 g/mol. The first-order valence-electron chi connectivity index (χ1n) is 8.69. The lowest BCUT2D eigenvalue weighted by Gasteiger charge is -2.04. The molecule has 0 N–H and O–H groups in total. The maximum atomic E-state index is 5.72. The molecule has 0 saturated heterocycles. The summed E-state index contributed by atoms with van der Waals surface area (Å²) in [6, 6.07) is 15.4. The van der Waals surface area contributed by atoms with Gasteiger partial charge in [0.2, 0.25) is 11.7 Å². The van der Waals surface area contributed by atoms with Gasteiger partial charge in [0.15, 0.2) is 12.3 Å². The minimum absolute atomic E-state index is 0.0180. The maximum Gasteiger partial charge on any atom is 0.257 e. The lowest BCUT2D eigenvalue weighted by atomic mass is 10.1. The van der Waals surface area contributed by atoms with Gasteiger partial charge in [-0.25, -0.2) is 4.68 Å². The second-order valence-electron chi connectivity index (χ2n) is 6.17. The molecule has 146 valence electrons. The van der Waals surface area contributed by atoms with E-state index in [4.69, 9.17) is 9.25 Å². The van der Waals surface area contributed by atoms with E-state index in [-0.39, 0.29) is 6.61 Å². The maximum absolute atomic E-state index is 5.72. The van der Waals surface area contributed by atoms with Gasteiger partial charge >= 0.3 is 0 Å². The van der Waals surface area contributed by atoms with E-state index in [1.807, 2.05) is 55.5 Å². The van der Waals surface area contributed by atoms with Crippen LogP contribution in [0.5, 0.6) is 0 Å². The molecule has 0 fully saturated rings. The molecule has 29 heavy (non-hydrogen) atoms. The third-order valence-corrected chi connectivity index (χ3v) is 4.60. The minimum Gasteiger partial charge on any atom is -0.417 e. The van der Waals surface area contributed by atoms with Crippen molar-refractivity contribution in [2.45, 2.75) is 13.5 Å². The molecule has 0 unspecified atom stereocenters. The molecule has 4 aromatic rings. The van der Waals surface area contributed by atoms with Crippen LogP contribution in [0.2, 0.25) is 0 Å². The molecular formula is C19H16BrN7O2. The molecule has 4 rings (SSSR count). The summed E-state index contributed by atoms with van der Waals surface area (Å²) in [5.74, 6) is 1.22. The van der Waals surface area contributed by atoms with E-state index in [1.54, 1.807) is 7.05 Å². The van der Waals surface area contributed by atoms with Gasteiger partial charge in [-0.05, 0) is 41.1 Å². The molecule has 9 nitrogen and oxygen atoms in total. The highest BCUT2D eigenvalue weighted by Crippen LogP contribution is 2.25. The monoisotopic (exact) mass is 453 g/mol. The van der Waals surface area contributed by atoms with Gasteiger partial charge in [-0.3, -0.25) is 0 Å². The molecule has 0 spiro atoms. The predicted octanol–water partition coefficient (Wildman–Crippen LogP) is 3.30. The summed E-state index contributed by atoms with van der Waals surface area (Å²) >= 11 is 3.45. The van der Waals surface area contributed by atoms with Gasteiger partial charge in [0, 0.05) is 22.6 Å². The third kappa shape index (κ3) is 4.21. The van der Waals surface area contributed by atoms with Crippen LogP contribution in [0.1, 0.15) is 22.8 Å². The first kappa shape index (κ1) is 18.9. The smallest absolute Gasteiger partial charge is 0.257 e. The van der Waals surface area contributed by atoms with E-state index in [9.17, 15) is 0 Å². The molecule has 0 aliphatic carbocycles. The Morgan fingerprint density at radius 3 is 2.69 bits per heavy atom. The zero-order chi connectivity index (χ0) is 20.2. The zero-order valence-corrected chi connectivity index (χ0v) is 17.2. The highest BCUT2D eigenvalue weighted by atomic mass is 79.9. The summed E-state index contributed by atoms with van der Waals surface area (Å²) in [7, 11) is 1.73. The van der Waals surface area contributed by atoms with Crippen LogP contribution in [0.3, 0.4) is 0 Å². The molecule has 0 atom stereocenters. The number of oxime groups is 1. The van der Waals surface area contributed by atoms with Gasteiger partial charge in [-0.2, -0.15) is 0 Å². The van der Waals surface area contributed by atoms with Gasteiger partial charge in [-0.15, -0.1) is 15.3 Å². The molecule has 10 heteroatoms. The summed E-state index contributed by atoms with van der Waals surface area (Å²) in [4.78, 5) is 5.49. The van der Waals surface area contributed by atoms with Crippen molar-refractivity contribution in [3.63, 3.8) is 0 Å². The Kier molecular flexibility index (Phi) is 5.43. The van der Waals surface area contributed by atoms with Crippen LogP contribution in [-0.4, -0.2) is 36.1 Å². The van der Waals surface area contributed by atoms with E-state index in [1.165, 1.54) is 4.68 Å². The summed E-state index contributed by atoms with van der Waals surface area (Å²) in [5, 5.41) is 23.9. The SMILES string of the molecule is Cc1cc(Br)ccc1-c1nnc(CO/N=C(/c2ccccc2)c2nnnn2C)o1. The van der Waals surface area contributed by atoms with Crippen molar-refractivity contribution in [2.75, 3.05) is 0 Å². The normalized spacial score (nSPS) is 11.6. The number of nitrogens with zero attached hydrogens (tertiary/aromatic N) is 7. The van der Waals surface area contributed by atoms with Gasteiger partial charge in [0.05, 0.1) is 0 Å². The van der Waals surface area contributed by atoms with Crippen molar-refractivity contribution in [3.8, 4) is 11.5 Å². The van der Waals surface area contributed by atoms with Crippen molar-refractivity contribution >= 4 is 21.6 Å². The number of tetrazole rings is 1. The van der Waals surface area contributed by atoms with Crippen LogP contribution in [0.25, 0.3) is 11.5 Å². The number of hydrogen-bond donors (Lipinski definition) is 0. The Morgan fingerprint density at radius 2 is 1.97 bits per heavy atom. The molecular weight excluding hydrogens is 438 g/mol. The van der Waals surface area contributed by atoms with E-state index < -0.39 is 0 Å². The fraction of sp³-hybridized carbons (Fsp3) is 0.158. The van der Waals surface area contributed by atoms with E-state index >= 15 is 0 Å². The number of rotatable bonds is 6. The van der Waals surface area contributed by atoms with Crippen LogP contribution in [0, 0.1) is 6.92 Å². The molecule has 0 aliphatic rings. The molecule has 2 aromatic carbocycles. The van der Waals surface area contributed by atoms with E-state index in [2.05, 4.69) is 46.8 Å². The van der Waals surface area contributed by atoms with E-state index in [0.29, 0.717) is 23.3 Å². The Labute approximate surface area is 174 Å². The number of halogens is 1. The summed E-state index contributed by atoms with van der Waals surface area (Å²) in [5.41, 5.74) is 3.21. The molecule has 0 amide bonds. The summed E-state index contributed by atoms with van der Waals surface area (Å²) < 4.78 is 8.23. The highest BCUT2D eigenvalue weighted by Gasteiger charge is 2.16. The van der Waals surface area contributed by atoms with Gasteiger partial charge in [-0.1, -0.05) is 51.4 Å². The Bertz CT molecular complexity index is 1150. The Morgan fingerprint density at radius 1 is 1.14 bits per heavy atom. The lowest BCUT2D eigenvalue weighted by molar-refractivity contribution is 0.111. The first-order valence-corrected chi connectivity index (χ1v) is 9.48. The number of aryl methyl sites for hydroxylation is 2. The van der Waals surface area contributed by atoms with Crippen LogP contribution < -0.4 is 0 Å². The second-order valence-corrected chi connectivity index (χ2v) is 7.08. The number of hydrogen-bond acceptors (Lipinski definition) is 8. The van der Waals surface area contributed by atoms with Gasteiger partial charge < -0.3 is 9.25 Å². The quantitative estimate of drug-likeness (QED) is 0.325. The van der Waals surface area contributed by atoms with Crippen molar-refractivity contribution in [1.29, 1.82) is 0 Å². The van der Waals surface area contributed by atoms with Crippen LogP contribution in [0.15, 0.2) is 62.6 Å². The third-order valence-electron chi connectivity index (χ3n) is 4.11. The number of benzene rings is 2. The van der Waals surface area contributed by atoms with E-state index in [0.717, 1.165) is 21.2 Å². The molecule has 2 aromatic heterocycles. The molecule has 0 aliphatic heterocycles. The minimum atomic E-state index is 0.0180. The first-order chi connectivity index (χ1) is 14.1. The van der Waals surface area contributed by atoms with Crippen LogP contribution >= 0.6 is 15.9 Å². The summed E-state index contributed by atoms with van der Waals surface area (Å²) in [6.07, 6.45) is 0. The molecule has 0 bridgehead atoms. The van der Waals surface area contributed by atoms with Crippen molar-refractivity contribution in [2.24, 2.45) is 12.2 Å². The van der Waals surface area contributed by atoms with Crippen molar-refractivity contribution in [3.05, 3.63) is 75.8 Å². The Balaban J connectivity index is 1.54. The fourth-order valence-electron chi connectivity index (χ4n) is 2.69. The van der Waals surface area contributed by atoms with Gasteiger partial charge in [0.1, 0.15) is 0 Å². The van der Waals surface area contributed by atoms with Crippen LogP contribution in [0.4, 0.5) is 0 Å². The molecule has 0 radical (unpaired) electrons. The standard InChI is InChI=1S/C19H16BrN7O2/c1-12-10-14(20)8-9-15(12)19-23-21-16(29-19)11-28-24-17(13-6-4-3-5-7-13)18-22-25-26-27(18)2/h3-10H,11H2,1-2H3/b24-17-. The Hall–Kier alpha value is -3.40. The second kappa shape index (κ2) is 8.31. The molecule has 0 saturated carbocycles. The highest BCUT2D eigenvalue weighted by molar-refractivity contribution is 9.10. The van der Waals surface area contributed by atoms with Crippen LogP contribution in [-0.2, 0) is 18.5 Å². The van der Waals surface area contributed by atoms with Crippen molar-refractivity contribution in [1.82, 2.24) is 30.4 Å². The summed E-state index contributed by atoms with van der Waals surface area (Å²) in [6.45, 7) is 2.00. The van der Waals surface area contributed by atoms with Gasteiger partial charge in [0.25, 0.3) is 5.89 Å². The lowest BCUT2D eigenvalue weighted by Crippen LogP contribution is -2.12.